The zero-order valence-electron chi connectivity index (χ0n) is 18.5. The predicted octanol–water partition coefficient (Wildman–Crippen LogP) is 4.22. The molecule has 33 heavy (non-hydrogen) atoms. The van der Waals surface area contributed by atoms with Crippen LogP contribution in [0.5, 0.6) is 17.4 Å². The van der Waals surface area contributed by atoms with E-state index in [0.29, 0.717) is 48.4 Å². The number of methoxy groups -OCH3 is 1. The third-order valence-corrected chi connectivity index (χ3v) is 6.03. The molecule has 0 aliphatic carbocycles. The van der Waals surface area contributed by atoms with Crippen LogP contribution in [0, 0.1) is 5.82 Å². The van der Waals surface area contributed by atoms with Crippen molar-refractivity contribution in [3.05, 3.63) is 71.2 Å². The molecule has 0 N–H and O–H groups in total. The molecule has 1 saturated heterocycles. The van der Waals surface area contributed by atoms with Gasteiger partial charge >= 0.3 is 0 Å². The van der Waals surface area contributed by atoms with Crippen LogP contribution in [0.3, 0.4) is 0 Å². The number of aromatic nitrogens is 2. The van der Waals surface area contributed by atoms with Gasteiger partial charge in [-0.05, 0) is 55.3 Å². The summed E-state index contributed by atoms with van der Waals surface area (Å²) in [6.45, 7) is 2.71. The first-order valence-corrected chi connectivity index (χ1v) is 11.1. The minimum atomic E-state index is -0.333. The number of rotatable bonds is 5. The van der Waals surface area contributed by atoms with Gasteiger partial charge < -0.3 is 19.3 Å². The summed E-state index contributed by atoms with van der Waals surface area (Å²) in [6, 6.07) is 13.0. The van der Waals surface area contributed by atoms with Crippen molar-refractivity contribution >= 4 is 11.9 Å². The van der Waals surface area contributed by atoms with E-state index in [1.807, 2.05) is 6.07 Å². The minimum Gasteiger partial charge on any atom is -0.497 e. The fourth-order valence-corrected chi connectivity index (χ4v) is 4.24. The molecule has 0 spiro atoms. The van der Waals surface area contributed by atoms with E-state index < -0.39 is 0 Å². The van der Waals surface area contributed by atoms with Gasteiger partial charge in [-0.3, -0.25) is 4.79 Å². The topological polar surface area (TPSA) is 67.8 Å². The highest BCUT2D eigenvalue weighted by molar-refractivity contribution is 5.94. The minimum absolute atomic E-state index is 0.0871. The van der Waals surface area contributed by atoms with E-state index in [-0.39, 0.29) is 11.7 Å². The maximum Gasteiger partial charge on any atom is 0.254 e. The summed E-state index contributed by atoms with van der Waals surface area (Å²) < 4.78 is 24.7. The number of carbonyl (C=O) groups is 1. The Morgan fingerprint density at radius 3 is 2.55 bits per heavy atom. The highest BCUT2D eigenvalue weighted by Gasteiger charge is 2.29. The molecule has 1 amide bonds. The lowest BCUT2D eigenvalue weighted by molar-refractivity contribution is 0.0731. The van der Waals surface area contributed by atoms with Crippen LogP contribution in [0.4, 0.5) is 10.3 Å². The number of halogens is 1. The highest BCUT2D eigenvalue weighted by Crippen LogP contribution is 2.33. The Morgan fingerprint density at radius 1 is 1.00 bits per heavy atom. The second-order valence-electron chi connectivity index (χ2n) is 8.21. The number of carbonyl (C=O) groups excluding carboxylic acids is 1. The number of nitrogens with zero attached hydrogens (tertiary/aromatic N) is 4. The third-order valence-electron chi connectivity index (χ3n) is 6.03. The summed E-state index contributed by atoms with van der Waals surface area (Å²) in [6.07, 6.45) is 2.82. The molecule has 3 heterocycles. The lowest BCUT2D eigenvalue weighted by Gasteiger charge is -2.30. The van der Waals surface area contributed by atoms with Gasteiger partial charge in [0.25, 0.3) is 5.91 Å². The van der Waals surface area contributed by atoms with Crippen molar-refractivity contribution in [3.63, 3.8) is 0 Å². The van der Waals surface area contributed by atoms with Crippen molar-refractivity contribution in [3.8, 4) is 17.4 Å². The van der Waals surface area contributed by atoms with E-state index in [1.54, 1.807) is 42.3 Å². The van der Waals surface area contributed by atoms with Crippen molar-refractivity contribution in [2.24, 2.45) is 0 Å². The molecule has 1 aromatic heterocycles. The summed E-state index contributed by atoms with van der Waals surface area (Å²) in [7, 11) is 1.58. The van der Waals surface area contributed by atoms with Crippen molar-refractivity contribution in [2.45, 2.75) is 25.8 Å². The van der Waals surface area contributed by atoms with E-state index in [2.05, 4.69) is 4.90 Å². The molecule has 0 bridgehead atoms. The number of fused-ring (bicyclic) bond motifs is 1. The Morgan fingerprint density at radius 2 is 1.79 bits per heavy atom. The van der Waals surface area contributed by atoms with Crippen LogP contribution in [0.25, 0.3) is 0 Å². The van der Waals surface area contributed by atoms with Crippen molar-refractivity contribution in [1.29, 1.82) is 0 Å². The van der Waals surface area contributed by atoms with E-state index in [4.69, 9.17) is 19.4 Å². The van der Waals surface area contributed by atoms with Crippen LogP contribution >= 0.6 is 0 Å². The maximum absolute atomic E-state index is 13.4. The maximum atomic E-state index is 13.4. The molecule has 0 unspecified atom stereocenters. The normalized spacial score (nSPS) is 15.3. The Kier molecular flexibility index (Phi) is 5.81. The Bertz CT molecular complexity index is 1160. The van der Waals surface area contributed by atoms with E-state index in [1.165, 1.54) is 12.1 Å². The molecule has 2 aromatic carbocycles. The standard InChI is InChI=1S/C25H25FN4O3/c1-32-20-6-4-5-17(15-20)24(31)30-14-11-22-21(16-30)23(33-19-9-7-18(26)8-10-19)28-25(27-22)29-12-2-3-13-29/h4-10,15H,2-3,11-14,16H2,1H3. The molecular formula is C25H25FN4O3. The molecule has 5 rings (SSSR count). The lowest BCUT2D eigenvalue weighted by atomic mass is 10.0. The molecule has 8 heteroatoms. The second kappa shape index (κ2) is 9.05. The molecule has 170 valence electrons. The van der Waals surface area contributed by atoms with Crippen LogP contribution in [0.15, 0.2) is 48.5 Å². The van der Waals surface area contributed by atoms with Crippen molar-refractivity contribution < 1.29 is 18.7 Å². The average molecular weight is 448 g/mol. The quantitative estimate of drug-likeness (QED) is 0.582. The SMILES string of the molecule is COc1cccc(C(=O)N2CCc3nc(N4CCCC4)nc(Oc4ccc(F)cc4)c3C2)c1. The van der Waals surface area contributed by atoms with Gasteiger partial charge in [0.1, 0.15) is 17.3 Å². The van der Waals surface area contributed by atoms with Gasteiger partial charge in [0, 0.05) is 31.6 Å². The number of ether oxygens (including phenoxy) is 2. The van der Waals surface area contributed by atoms with E-state index in [0.717, 1.165) is 37.2 Å². The molecule has 2 aliphatic rings. The van der Waals surface area contributed by atoms with Crippen molar-refractivity contribution in [2.75, 3.05) is 31.6 Å². The highest BCUT2D eigenvalue weighted by atomic mass is 19.1. The summed E-state index contributed by atoms with van der Waals surface area (Å²) in [4.78, 5) is 26.7. The van der Waals surface area contributed by atoms with E-state index >= 15 is 0 Å². The number of anilines is 1. The van der Waals surface area contributed by atoms with Gasteiger partial charge in [-0.15, -0.1) is 0 Å². The molecule has 2 aliphatic heterocycles. The molecule has 7 nitrogen and oxygen atoms in total. The average Bonchev–Trinajstić information content (AvgIpc) is 3.40. The summed E-state index contributed by atoms with van der Waals surface area (Å²) in [5.74, 6) is 1.77. The molecule has 0 atom stereocenters. The lowest BCUT2D eigenvalue weighted by Crippen LogP contribution is -2.37. The summed E-state index contributed by atoms with van der Waals surface area (Å²) in [5, 5.41) is 0. The van der Waals surface area contributed by atoms with Gasteiger partial charge in [0.05, 0.1) is 24.9 Å². The zero-order valence-corrected chi connectivity index (χ0v) is 18.5. The van der Waals surface area contributed by atoms with Crippen LogP contribution in [0.2, 0.25) is 0 Å². The Labute approximate surface area is 191 Å². The molecule has 1 fully saturated rings. The summed E-state index contributed by atoms with van der Waals surface area (Å²) >= 11 is 0. The van der Waals surface area contributed by atoms with Crippen LogP contribution in [-0.4, -0.2) is 47.5 Å². The number of amides is 1. The number of hydrogen-bond acceptors (Lipinski definition) is 6. The van der Waals surface area contributed by atoms with Crippen LogP contribution in [-0.2, 0) is 13.0 Å². The molecule has 3 aromatic rings. The van der Waals surface area contributed by atoms with Gasteiger partial charge in [-0.1, -0.05) is 6.07 Å². The van der Waals surface area contributed by atoms with Gasteiger partial charge in [0.2, 0.25) is 11.8 Å². The first kappa shape index (κ1) is 21.2. The first-order valence-electron chi connectivity index (χ1n) is 11.1. The van der Waals surface area contributed by atoms with E-state index in [9.17, 15) is 9.18 Å². The second-order valence-corrected chi connectivity index (χ2v) is 8.21. The molecule has 0 saturated carbocycles. The largest absolute Gasteiger partial charge is 0.497 e. The van der Waals surface area contributed by atoms with Crippen LogP contribution < -0.4 is 14.4 Å². The molecule has 0 radical (unpaired) electrons. The fourth-order valence-electron chi connectivity index (χ4n) is 4.24. The zero-order chi connectivity index (χ0) is 22.8. The van der Waals surface area contributed by atoms with Crippen molar-refractivity contribution in [1.82, 2.24) is 14.9 Å². The summed E-state index contributed by atoms with van der Waals surface area (Å²) in [5.41, 5.74) is 2.23. The fraction of sp³-hybridized carbons (Fsp3) is 0.320. The predicted molar refractivity (Wildman–Crippen MR) is 121 cm³/mol. The Balaban J connectivity index is 1.47. The third kappa shape index (κ3) is 4.46. The first-order chi connectivity index (χ1) is 16.1. The van der Waals surface area contributed by atoms with Crippen LogP contribution in [0.1, 0.15) is 34.5 Å². The smallest absolute Gasteiger partial charge is 0.254 e. The van der Waals surface area contributed by atoms with Gasteiger partial charge in [-0.2, -0.15) is 4.98 Å². The Hall–Kier alpha value is -3.68. The monoisotopic (exact) mass is 448 g/mol. The molecular weight excluding hydrogens is 423 g/mol. The van der Waals surface area contributed by atoms with Gasteiger partial charge in [0.15, 0.2) is 0 Å². The number of hydrogen-bond donors (Lipinski definition) is 0. The van der Waals surface area contributed by atoms with Gasteiger partial charge in [-0.25, -0.2) is 9.37 Å². The number of benzene rings is 2.